The van der Waals surface area contributed by atoms with Crippen LogP contribution in [-0.2, 0) is 16.6 Å². The van der Waals surface area contributed by atoms with E-state index in [4.69, 9.17) is 4.42 Å². The number of aryl methyl sites for hydroxylation is 2. The zero-order chi connectivity index (χ0) is 14.0. The second-order valence-corrected chi connectivity index (χ2v) is 6.75. The molecule has 0 spiro atoms. The smallest absolute Gasteiger partial charge is 0.244 e. The summed E-state index contributed by atoms with van der Waals surface area (Å²) in [5, 5.41) is 3.23. The van der Waals surface area contributed by atoms with Crippen molar-refractivity contribution >= 4 is 10.0 Å². The van der Waals surface area contributed by atoms with Crippen molar-refractivity contribution in [3.05, 3.63) is 17.1 Å². The molecule has 0 saturated heterocycles. The van der Waals surface area contributed by atoms with Crippen molar-refractivity contribution in [3.8, 4) is 0 Å². The molecule has 108 valence electrons. The third-order valence-corrected chi connectivity index (χ3v) is 4.94. The van der Waals surface area contributed by atoms with Gasteiger partial charge in [-0.15, -0.1) is 0 Å². The highest BCUT2D eigenvalue weighted by atomic mass is 32.2. The first-order valence-corrected chi connectivity index (χ1v) is 8.26. The molecule has 0 bridgehead atoms. The molecule has 1 saturated carbocycles. The van der Waals surface area contributed by atoms with Gasteiger partial charge >= 0.3 is 0 Å². The topological polar surface area (TPSA) is 71.3 Å². The average Bonchev–Trinajstić information content (AvgIpc) is 3.05. The molecule has 0 unspecified atom stereocenters. The van der Waals surface area contributed by atoms with Crippen LogP contribution in [0.15, 0.2) is 9.31 Å². The summed E-state index contributed by atoms with van der Waals surface area (Å²) >= 11 is 0. The van der Waals surface area contributed by atoms with E-state index >= 15 is 0 Å². The fourth-order valence-electron chi connectivity index (χ4n) is 2.14. The molecule has 1 aromatic heterocycles. The third kappa shape index (κ3) is 3.38. The van der Waals surface area contributed by atoms with Crippen molar-refractivity contribution in [1.82, 2.24) is 10.0 Å². The lowest BCUT2D eigenvalue weighted by Gasteiger charge is -2.08. The molecular formula is C13H22N2O3S. The van der Waals surface area contributed by atoms with Gasteiger partial charge < -0.3 is 9.73 Å². The van der Waals surface area contributed by atoms with Crippen LogP contribution in [0.1, 0.15) is 43.3 Å². The summed E-state index contributed by atoms with van der Waals surface area (Å²) in [6, 6.07) is 0.107. The fourth-order valence-corrected chi connectivity index (χ4v) is 3.89. The molecule has 1 aliphatic carbocycles. The van der Waals surface area contributed by atoms with Crippen molar-refractivity contribution in [2.75, 3.05) is 6.54 Å². The normalized spacial score (nSPS) is 15.9. The van der Waals surface area contributed by atoms with Crippen molar-refractivity contribution in [3.63, 3.8) is 0 Å². The van der Waals surface area contributed by atoms with Crippen LogP contribution in [0.3, 0.4) is 0 Å². The fraction of sp³-hybridized carbons (Fsp3) is 0.692. The van der Waals surface area contributed by atoms with E-state index in [-0.39, 0.29) is 6.04 Å². The largest absolute Gasteiger partial charge is 0.465 e. The number of hydrogen-bond donors (Lipinski definition) is 2. The van der Waals surface area contributed by atoms with Crippen LogP contribution in [0.5, 0.6) is 0 Å². The van der Waals surface area contributed by atoms with Crippen LogP contribution in [0.2, 0.25) is 0 Å². The lowest BCUT2D eigenvalue weighted by molar-refractivity contribution is 0.492. The summed E-state index contributed by atoms with van der Waals surface area (Å²) in [5.41, 5.74) is 0.749. The molecule has 5 nitrogen and oxygen atoms in total. The zero-order valence-electron chi connectivity index (χ0n) is 11.7. The van der Waals surface area contributed by atoms with E-state index in [0.717, 1.165) is 31.4 Å². The second kappa shape index (κ2) is 5.64. The maximum absolute atomic E-state index is 12.4. The van der Waals surface area contributed by atoms with E-state index in [0.29, 0.717) is 23.0 Å². The number of hydrogen-bond acceptors (Lipinski definition) is 4. The molecule has 1 heterocycles. The lowest BCUT2D eigenvalue weighted by atomic mass is 10.2. The van der Waals surface area contributed by atoms with Crippen LogP contribution in [-0.4, -0.2) is 21.0 Å². The second-order valence-electron chi connectivity index (χ2n) is 5.09. The SMILES string of the molecule is CCCNCc1c(C)oc(C)c1S(=O)(=O)NC1CC1. The summed E-state index contributed by atoms with van der Waals surface area (Å²) in [7, 11) is -3.46. The molecule has 19 heavy (non-hydrogen) atoms. The van der Waals surface area contributed by atoms with Crippen molar-refractivity contribution in [1.29, 1.82) is 0 Å². The summed E-state index contributed by atoms with van der Waals surface area (Å²) in [6.45, 7) is 6.98. The average molecular weight is 286 g/mol. The van der Waals surface area contributed by atoms with Gasteiger partial charge in [-0.1, -0.05) is 6.92 Å². The molecule has 2 N–H and O–H groups in total. The van der Waals surface area contributed by atoms with Crippen LogP contribution >= 0.6 is 0 Å². The molecule has 0 amide bonds. The molecule has 0 aromatic carbocycles. The van der Waals surface area contributed by atoms with Gasteiger partial charge in [0.2, 0.25) is 10.0 Å². The first-order chi connectivity index (χ1) is 8.95. The molecule has 0 atom stereocenters. The van der Waals surface area contributed by atoms with Gasteiger partial charge in [0, 0.05) is 18.2 Å². The predicted octanol–water partition coefficient (Wildman–Crippen LogP) is 1.84. The van der Waals surface area contributed by atoms with E-state index in [2.05, 4.69) is 17.0 Å². The Morgan fingerprint density at radius 1 is 1.26 bits per heavy atom. The Labute approximate surface area is 114 Å². The maximum Gasteiger partial charge on any atom is 0.244 e. The monoisotopic (exact) mass is 286 g/mol. The Hall–Kier alpha value is -0.850. The molecule has 0 radical (unpaired) electrons. The number of rotatable bonds is 7. The van der Waals surface area contributed by atoms with Crippen molar-refractivity contribution in [2.45, 2.75) is 57.5 Å². The van der Waals surface area contributed by atoms with Gasteiger partial charge in [0.1, 0.15) is 16.4 Å². The molecule has 1 aromatic rings. The van der Waals surface area contributed by atoms with Crippen LogP contribution in [0, 0.1) is 13.8 Å². The quantitative estimate of drug-likeness (QED) is 0.750. The van der Waals surface area contributed by atoms with E-state index in [9.17, 15) is 8.42 Å². The van der Waals surface area contributed by atoms with Gasteiger partial charge in [-0.2, -0.15) is 0 Å². The van der Waals surface area contributed by atoms with Crippen molar-refractivity contribution < 1.29 is 12.8 Å². The van der Waals surface area contributed by atoms with E-state index < -0.39 is 10.0 Å². The summed E-state index contributed by atoms with van der Waals surface area (Å²) in [4.78, 5) is 0.320. The number of nitrogens with one attached hydrogen (secondary N) is 2. The first-order valence-electron chi connectivity index (χ1n) is 6.77. The van der Waals surface area contributed by atoms with Gasteiger partial charge in [0.25, 0.3) is 0 Å². The Kier molecular flexibility index (Phi) is 4.32. The molecule has 6 heteroatoms. The molecule has 0 aliphatic heterocycles. The van der Waals surface area contributed by atoms with Gasteiger partial charge in [-0.25, -0.2) is 13.1 Å². The highest BCUT2D eigenvalue weighted by Crippen LogP contribution is 2.29. The highest BCUT2D eigenvalue weighted by molar-refractivity contribution is 7.89. The minimum Gasteiger partial charge on any atom is -0.465 e. The Bertz CT molecular complexity index is 544. The van der Waals surface area contributed by atoms with E-state index in [1.54, 1.807) is 6.92 Å². The number of sulfonamides is 1. The predicted molar refractivity (Wildman–Crippen MR) is 73.5 cm³/mol. The first kappa shape index (κ1) is 14.6. The number of furan rings is 1. The maximum atomic E-state index is 12.4. The van der Waals surface area contributed by atoms with Gasteiger partial charge in [-0.3, -0.25) is 0 Å². The summed E-state index contributed by atoms with van der Waals surface area (Å²) in [6.07, 6.45) is 2.87. The van der Waals surface area contributed by atoms with E-state index in [1.807, 2.05) is 6.92 Å². The van der Waals surface area contributed by atoms with E-state index in [1.165, 1.54) is 0 Å². The summed E-state index contributed by atoms with van der Waals surface area (Å²) < 4.78 is 33.0. The Morgan fingerprint density at radius 3 is 2.53 bits per heavy atom. The Balaban J connectivity index is 2.26. The third-order valence-electron chi connectivity index (χ3n) is 3.22. The minimum atomic E-state index is -3.46. The van der Waals surface area contributed by atoms with Gasteiger partial charge in [0.15, 0.2) is 0 Å². The van der Waals surface area contributed by atoms with Crippen molar-refractivity contribution in [2.24, 2.45) is 0 Å². The van der Waals surface area contributed by atoms with Gasteiger partial charge in [-0.05, 0) is 39.7 Å². The lowest BCUT2D eigenvalue weighted by Crippen LogP contribution is -2.27. The standard InChI is InChI=1S/C13H22N2O3S/c1-4-7-14-8-12-9(2)18-10(3)13(12)19(16,17)15-11-5-6-11/h11,14-15H,4-8H2,1-3H3. The van der Waals surface area contributed by atoms with Crippen LogP contribution in [0.25, 0.3) is 0 Å². The summed E-state index contributed by atoms with van der Waals surface area (Å²) in [5.74, 6) is 1.15. The Morgan fingerprint density at radius 2 is 1.95 bits per heavy atom. The van der Waals surface area contributed by atoms with Crippen LogP contribution in [0.4, 0.5) is 0 Å². The highest BCUT2D eigenvalue weighted by Gasteiger charge is 2.32. The van der Waals surface area contributed by atoms with Crippen LogP contribution < -0.4 is 10.0 Å². The minimum absolute atomic E-state index is 0.107. The molecule has 2 rings (SSSR count). The molecule has 1 fully saturated rings. The van der Waals surface area contributed by atoms with Gasteiger partial charge in [0.05, 0.1) is 0 Å². The molecule has 1 aliphatic rings. The zero-order valence-corrected chi connectivity index (χ0v) is 12.6. The molecular weight excluding hydrogens is 264 g/mol.